The zero-order valence-electron chi connectivity index (χ0n) is 11.9. The lowest BCUT2D eigenvalue weighted by atomic mass is 10.0. The molecular weight excluding hydrogens is 226 g/mol. The highest BCUT2D eigenvalue weighted by Crippen LogP contribution is 2.12. The maximum Gasteiger partial charge on any atom is 0.310 e. The number of aryl methyl sites for hydroxylation is 1. The van der Waals surface area contributed by atoms with Gasteiger partial charge in [0.1, 0.15) is 6.54 Å². The van der Waals surface area contributed by atoms with Crippen LogP contribution in [0.2, 0.25) is 0 Å². The van der Waals surface area contributed by atoms with Crippen molar-refractivity contribution in [3.63, 3.8) is 0 Å². The Labute approximate surface area is 110 Å². The topological polar surface area (TPSA) is 30.2 Å². The smallest absolute Gasteiger partial charge is 0.310 e. The quantitative estimate of drug-likeness (QED) is 0.574. The standard InChI is InChI=1S/C15H24NO2/c1-5-8-16-9-7-13(10-14(16)12(3)4)11-15(17)18-6-2/h7,9-10,12H,5-6,8,11H2,1-4H3/q+1. The van der Waals surface area contributed by atoms with Crippen molar-refractivity contribution in [2.75, 3.05) is 6.61 Å². The van der Waals surface area contributed by atoms with Crippen LogP contribution in [0.1, 0.15) is 51.3 Å². The second-order valence-electron chi connectivity index (χ2n) is 4.79. The van der Waals surface area contributed by atoms with E-state index < -0.39 is 0 Å². The third-order valence-corrected chi connectivity index (χ3v) is 2.84. The molecule has 0 radical (unpaired) electrons. The lowest BCUT2D eigenvalue weighted by Crippen LogP contribution is -2.38. The first-order valence-corrected chi connectivity index (χ1v) is 6.76. The van der Waals surface area contributed by atoms with Gasteiger partial charge in [0, 0.05) is 24.5 Å². The second kappa shape index (κ2) is 7.14. The maximum absolute atomic E-state index is 11.5. The van der Waals surface area contributed by atoms with Crippen LogP contribution in [0.3, 0.4) is 0 Å². The molecule has 1 aromatic rings. The number of carbonyl (C=O) groups excluding carboxylic acids is 1. The van der Waals surface area contributed by atoms with E-state index in [9.17, 15) is 4.79 Å². The Hall–Kier alpha value is -1.38. The molecule has 0 spiro atoms. The molecule has 0 fully saturated rings. The molecule has 0 unspecified atom stereocenters. The highest BCUT2D eigenvalue weighted by Gasteiger charge is 2.16. The molecule has 0 saturated carbocycles. The number of pyridine rings is 1. The highest BCUT2D eigenvalue weighted by atomic mass is 16.5. The van der Waals surface area contributed by atoms with Crippen LogP contribution in [0.4, 0.5) is 0 Å². The summed E-state index contributed by atoms with van der Waals surface area (Å²) in [5.41, 5.74) is 2.31. The van der Waals surface area contributed by atoms with Crippen molar-refractivity contribution in [1.29, 1.82) is 0 Å². The average Bonchev–Trinajstić information content (AvgIpc) is 2.31. The summed E-state index contributed by atoms with van der Waals surface area (Å²) in [5.74, 6) is 0.305. The van der Waals surface area contributed by atoms with Crippen LogP contribution in [0.15, 0.2) is 18.3 Å². The van der Waals surface area contributed by atoms with E-state index >= 15 is 0 Å². The van der Waals surface area contributed by atoms with E-state index in [4.69, 9.17) is 4.74 Å². The molecule has 0 aromatic carbocycles. The van der Waals surface area contributed by atoms with Crippen LogP contribution in [-0.2, 0) is 22.5 Å². The van der Waals surface area contributed by atoms with Crippen molar-refractivity contribution in [2.45, 2.75) is 53.0 Å². The lowest BCUT2D eigenvalue weighted by molar-refractivity contribution is -0.705. The lowest BCUT2D eigenvalue weighted by Gasteiger charge is -2.08. The first-order valence-electron chi connectivity index (χ1n) is 6.76. The number of aromatic nitrogens is 1. The van der Waals surface area contributed by atoms with Crippen molar-refractivity contribution < 1.29 is 14.1 Å². The summed E-state index contributed by atoms with van der Waals surface area (Å²) in [5, 5.41) is 0. The Morgan fingerprint density at radius 2 is 2.11 bits per heavy atom. The van der Waals surface area contributed by atoms with Crippen LogP contribution >= 0.6 is 0 Å². The number of ether oxygens (including phenoxy) is 1. The minimum atomic E-state index is -0.152. The van der Waals surface area contributed by atoms with Crippen LogP contribution in [0.25, 0.3) is 0 Å². The van der Waals surface area contributed by atoms with Crippen LogP contribution in [-0.4, -0.2) is 12.6 Å². The normalized spacial score (nSPS) is 10.7. The number of esters is 1. The Balaban J connectivity index is 2.89. The van der Waals surface area contributed by atoms with Gasteiger partial charge in [-0.1, -0.05) is 20.8 Å². The number of rotatable bonds is 6. The molecule has 0 aliphatic carbocycles. The van der Waals surface area contributed by atoms with Gasteiger partial charge in [0.05, 0.1) is 13.0 Å². The predicted octanol–water partition coefficient (Wildman–Crippen LogP) is 2.61. The molecule has 1 aromatic heterocycles. The molecule has 0 aliphatic heterocycles. The highest BCUT2D eigenvalue weighted by molar-refractivity contribution is 5.72. The van der Waals surface area contributed by atoms with E-state index in [0.717, 1.165) is 18.5 Å². The van der Waals surface area contributed by atoms with Crippen LogP contribution < -0.4 is 4.57 Å². The molecule has 0 aliphatic rings. The Kier molecular flexibility index (Phi) is 5.83. The van der Waals surface area contributed by atoms with Crippen molar-refractivity contribution in [1.82, 2.24) is 0 Å². The minimum absolute atomic E-state index is 0.152. The molecule has 18 heavy (non-hydrogen) atoms. The van der Waals surface area contributed by atoms with Gasteiger partial charge in [-0.25, -0.2) is 4.57 Å². The van der Waals surface area contributed by atoms with Gasteiger partial charge in [0.2, 0.25) is 0 Å². The molecule has 1 rings (SSSR count). The summed E-state index contributed by atoms with van der Waals surface area (Å²) < 4.78 is 7.24. The van der Waals surface area contributed by atoms with Crippen molar-refractivity contribution >= 4 is 5.97 Å². The predicted molar refractivity (Wildman–Crippen MR) is 71.4 cm³/mol. The van der Waals surface area contributed by atoms with Gasteiger partial charge < -0.3 is 4.74 Å². The SMILES string of the molecule is CCC[n+]1ccc(CC(=O)OCC)cc1C(C)C. The Morgan fingerprint density at radius 3 is 2.67 bits per heavy atom. The molecule has 100 valence electrons. The van der Waals surface area contributed by atoms with Crippen LogP contribution in [0.5, 0.6) is 0 Å². The van der Waals surface area contributed by atoms with E-state index in [1.54, 1.807) is 0 Å². The van der Waals surface area contributed by atoms with Gasteiger partial charge in [-0.15, -0.1) is 0 Å². The average molecular weight is 250 g/mol. The van der Waals surface area contributed by atoms with Crippen molar-refractivity contribution in [2.24, 2.45) is 0 Å². The first-order chi connectivity index (χ1) is 8.58. The van der Waals surface area contributed by atoms with E-state index in [0.29, 0.717) is 18.9 Å². The third kappa shape index (κ3) is 4.13. The fourth-order valence-corrected chi connectivity index (χ4v) is 2.02. The summed E-state index contributed by atoms with van der Waals surface area (Å²) in [4.78, 5) is 11.5. The second-order valence-corrected chi connectivity index (χ2v) is 4.79. The molecular formula is C15H24NO2+. The van der Waals surface area contributed by atoms with Gasteiger partial charge in [-0.05, 0) is 12.5 Å². The van der Waals surface area contributed by atoms with E-state index in [-0.39, 0.29) is 5.97 Å². The summed E-state index contributed by atoms with van der Waals surface area (Å²) in [7, 11) is 0. The molecule has 0 saturated heterocycles. The first kappa shape index (κ1) is 14.7. The van der Waals surface area contributed by atoms with Crippen LogP contribution in [0, 0.1) is 0 Å². The molecule has 0 bridgehead atoms. The largest absolute Gasteiger partial charge is 0.466 e. The molecule has 0 atom stereocenters. The summed E-state index contributed by atoms with van der Waals surface area (Å²) >= 11 is 0. The minimum Gasteiger partial charge on any atom is -0.466 e. The van der Waals surface area contributed by atoms with Crippen molar-refractivity contribution in [3.8, 4) is 0 Å². The molecule has 3 heteroatoms. The molecule has 3 nitrogen and oxygen atoms in total. The summed E-state index contributed by atoms with van der Waals surface area (Å²) in [6, 6.07) is 4.13. The molecule has 0 amide bonds. The molecule has 0 N–H and O–H groups in total. The maximum atomic E-state index is 11.5. The van der Waals surface area contributed by atoms with Crippen molar-refractivity contribution in [3.05, 3.63) is 29.6 Å². The van der Waals surface area contributed by atoms with Gasteiger partial charge in [0.15, 0.2) is 11.9 Å². The molecule has 1 heterocycles. The fraction of sp³-hybridized carbons (Fsp3) is 0.600. The number of nitrogens with zero attached hydrogens (tertiary/aromatic N) is 1. The number of hydrogen-bond acceptors (Lipinski definition) is 2. The van der Waals surface area contributed by atoms with Gasteiger partial charge in [0.25, 0.3) is 0 Å². The van der Waals surface area contributed by atoms with E-state index in [1.807, 2.05) is 13.0 Å². The fourth-order valence-electron chi connectivity index (χ4n) is 2.02. The van der Waals surface area contributed by atoms with Gasteiger partial charge in [-0.2, -0.15) is 0 Å². The summed E-state index contributed by atoms with van der Waals surface area (Å²) in [6.45, 7) is 9.82. The monoisotopic (exact) mass is 250 g/mol. The number of carbonyl (C=O) groups is 1. The van der Waals surface area contributed by atoms with E-state index in [1.165, 1.54) is 5.69 Å². The number of hydrogen-bond donors (Lipinski definition) is 0. The third-order valence-electron chi connectivity index (χ3n) is 2.84. The zero-order valence-corrected chi connectivity index (χ0v) is 11.9. The van der Waals surface area contributed by atoms with Gasteiger partial charge in [-0.3, -0.25) is 4.79 Å². The van der Waals surface area contributed by atoms with E-state index in [2.05, 4.69) is 37.6 Å². The Morgan fingerprint density at radius 1 is 1.39 bits per heavy atom. The summed E-state index contributed by atoms with van der Waals surface area (Å²) in [6.07, 6.45) is 3.55. The zero-order chi connectivity index (χ0) is 13.5. The van der Waals surface area contributed by atoms with Gasteiger partial charge >= 0.3 is 5.97 Å². The Bertz CT molecular complexity index is 399.